The van der Waals surface area contributed by atoms with Gasteiger partial charge in [-0.1, -0.05) is 222 Å². The number of hydrogen-bond donors (Lipinski definition) is 3. The highest BCUT2D eigenvalue weighted by Crippen LogP contribution is 2.16. The van der Waals surface area contributed by atoms with Crippen molar-refractivity contribution < 1.29 is 24.5 Å². The summed E-state index contributed by atoms with van der Waals surface area (Å²) in [6.07, 6.45) is 61.2. The molecule has 0 heterocycles. The minimum Gasteiger partial charge on any atom is -0.461 e. The van der Waals surface area contributed by atoms with E-state index in [1.165, 1.54) is 122 Å². The van der Waals surface area contributed by atoms with Crippen molar-refractivity contribution in [2.75, 3.05) is 6.61 Å². The molecule has 0 rings (SSSR count). The molecule has 352 valence electrons. The third-order valence-corrected chi connectivity index (χ3v) is 11.3. The Morgan fingerprint density at radius 2 is 0.918 bits per heavy atom. The van der Waals surface area contributed by atoms with Crippen LogP contribution in [0.25, 0.3) is 0 Å². The molecule has 0 spiro atoms. The van der Waals surface area contributed by atoms with E-state index in [1.54, 1.807) is 0 Å². The summed E-state index contributed by atoms with van der Waals surface area (Å²) in [5.41, 5.74) is 0. The number of aliphatic hydroxyl groups excluding tert-OH is 2. The van der Waals surface area contributed by atoms with E-state index < -0.39 is 18.2 Å². The van der Waals surface area contributed by atoms with Crippen LogP contribution in [0, 0.1) is 0 Å². The van der Waals surface area contributed by atoms with Gasteiger partial charge in [0, 0.05) is 12.8 Å². The van der Waals surface area contributed by atoms with Crippen LogP contribution in [0.5, 0.6) is 0 Å². The highest BCUT2D eigenvalue weighted by Gasteiger charge is 2.23. The van der Waals surface area contributed by atoms with Gasteiger partial charge in [0.25, 0.3) is 0 Å². The number of carbonyl (C=O) groups excluding carboxylic acids is 2. The van der Waals surface area contributed by atoms with Crippen molar-refractivity contribution in [2.24, 2.45) is 0 Å². The first kappa shape index (κ1) is 58.3. The van der Waals surface area contributed by atoms with Crippen LogP contribution < -0.4 is 5.32 Å². The van der Waals surface area contributed by atoms with Crippen LogP contribution in [0.15, 0.2) is 72.9 Å². The molecule has 0 saturated heterocycles. The predicted molar refractivity (Wildman–Crippen MR) is 264 cm³/mol. The van der Waals surface area contributed by atoms with Crippen molar-refractivity contribution in [3.8, 4) is 0 Å². The summed E-state index contributed by atoms with van der Waals surface area (Å²) in [5, 5.41) is 23.7. The van der Waals surface area contributed by atoms with E-state index >= 15 is 0 Å². The Hall–Kier alpha value is -2.70. The van der Waals surface area contributed by atoms with E-state index in [1.807, 2.05) is 12.2 Å². The maximum atomic E-state index is 13.2. The second-order valence-corrected chi connectivity index (χ2v) is 17.2. The highest BCUT2D eigenvalue weighted by molar-refractivity contribution is 5.77. The van der Waals surface area contributed by atoms with Gasteiger partial charge in [-0.25, -0.2) is 0 Å². The fourth-order valence-corrected chi connectivity index (χ4v) is 7.39. The van der Waals surface area contributed by atoms with E-state index in [-0.39, 0.29) is 24.9 Å². The summed E-state index contributed by atoms with van der Waals surface area (Å²) >= 11 is 0. The average molecular weight is 852 g/mol. The second kappa shape index (κ2) is 48.3. The molecule has 0 fully saturated rings. The summed E-state index contributed by atoms with van der Waals surface area (Å²) in [5.74, 6) is -0.586. The average Bonchev–Trinajstić information content (AvgIpc) is 3.25. The zero-order chi connectivity index (χ0) is 44.5. The standard InChI is InChI=1S/C55H97NO5/c1-4-7-10-13-16-19-22-24-26-27-29-31-33-36-39-42-45-48-55(60)61-51(46-43-40-37-34-32-30-28-25-23-20-17-14-11-8-5-2)49-54(59)56-52(50-57)53(58)47-44-41-38-35-21-18-15-12-9-6-3/h8,11,17,20,24-26,28,32,34,40,43,51-53,57-58H,4-7,9-10,12-16,18-19,21-23,27,29-31,33,35-39,41-42,44-50H2,1-3H3,(H,56,59)/b11-8-,20-17-,26-24+,28-25-,34-32-,43-40-. The third kappa shape index (κ3) is 43.7. The van der Waals surface area contributed by atoms with E-state index in [4.69, 9.17) is 4.74 Å². The first-order chi connectivity index (χ1) is 30.0. The Labute approximate surface area is 377 Å². The Kier molecular flexibility index (Phi) is 46.2. The lowest BCUT2D eigenvalue weighted by molar-refractivity contribution is -0.150. The van der Waals surface area contributed by atoms with E-state index in [0.717, 1.165) is 70.6 Å². The lowest BCUT2D eigenvalue weighted by Gasteiger charge is -2.24. The zero-order valence-corrected chi connectivity index (χ0v) is 40.0. The van der Waals surface area contributed by atoms with Crippen molar-refractivity contribution in [1.82, 2.24) is 5.32 Å². The lowest BCUT2D eigenvalue weighted by Crippen LogP contribution is -2.46. The van der Waals surface area contributed by atoms with Crippen molar-refractivity contribution in [2.45, 2.75) is 257 Å². The first-order valence-corrected chi connectivity index (χ1v) is 25.7. The van der Waals surface area contributed by atoms with Crippen LogP contribution in [0.3, 0.4) is 0 Å². The molecule has 3 N–H and O–H groups in total. The number of ether oxygens (including phenoxy) is 1. The van der Waals surface area contributed by atoms with Gasteiger partial charge >= 0.3 is 5.97 Å². The normalized spacial score (nSPS) is 13.9. The molecule has 0 saturated carbocycles. The number of nitrogens with one attached hydrogen (secondary N) is 1. The Bertz CT molecular complexity index is 1140. The van der Waals surface area contributed by atoms with Crippen molar-refractivity contribution >= 4 is 11.9 Å². The molecule has 61 heavy (non-hydrogen) atoms. The van der Waals surface area contributed by atoms with Gasteiger partial charge in [0.15, 0.2) is 0 Å². The molecule has 1 amide bonds. The molecule has 0 aliphatic carbocycles. The number of rotatable bonds is 45. The van der Waals surface area contributed by atoms with Gasteiger partial charge in [-0.15, -0.1) is 0 Å². The maximum Gasteiger partial charge on any atom is 0.306 e. The number of carbonyl (C=O) groups is 2. The fourth-order valence-electron chi connectivity index (χ4n) is 7.39. The fraction of sp³-hybridized carbons (Fsp3) is 0.745. The molecule has 0 aliphatic heterocycles. The van der Waals surface area contributed by atoms with Crippen LogP contribution in [-0.2, 0) is 14.3 Å². The molecule has 0 radical (unpaired) electrons. The van der Waals surface area contributed by atoms with Crippen molar-refractivity contribution in [3.05, 3.63) is 72.9 Å². The van der Waals surface area contributed by atoms with Gasteiger partial charge in [-0.05, 0) is 70.6 Å². The number of unbranched alkanes of at least 4 members (excludes halogenated alkanes) is 22. The Morgan fingerprint density at radius 1 is 0.508 bits per heavy atom. The van der Waals surface area contributed by atoms with Crippen molar-refractivity contribution in [3.63, 3.8) is 0 Å². The van der Waals surface area contributed by atoms with Gasteiger partial charge in [0.2, 0.25) is 5.91 Å². The van der Waals surface area contributed by atoms with E-state index in [9.17, 15) is 19.8 Å². The highest BCUT2D eigenvalue weighted by atomic mass is 16.5. The van der Waals surface area contributed by atoms with Gasteiger partial charge in [0.1, 0.15) is 6.10 Å². The summed E-state index contributed by atoms with van der Waals surface area (Å²) in [6, 6.07) is -0.734. The van der Waals surface area contributed by atoms with E-state index in [2.05, 4.69) is 86.8 Å². The number of allylic oxidation sites excluding steroid dienone is 11. The number of amides is 1. The quantitative estimate of drug-likeness (QED) is 0.0322. The molecule has 0 aromatic heterocycles. The summed E-state index contributed by atoms with van der Waals surface area (Å²) in [4.78, 5) is 26.1. The van der Waals surface area contributed by atoms with Crippen LogP contribution in [0.1, 0.15) is 239 Å². The Morgan fingerprint density at radius 3 is 1.38 bits per heavy atom. The molecule has 0 aliphatic rings. The lowest BCUT2D eigenvalue weighted by atomic mass is 10.0. The monoisotopic (exact) mass is 852 g/mol. The molecule has 6 nitrogen and oxygen atoms in total. The smallest absolute Gasteiger partial charge is 0.306 e. The molecular weight excluding hydrogens is 755 g/mol. The van der Waals surface area contributed by atoms with E-state index in [0.29, 0.717) is 19.3 Å². The number of aliphatic hydroxyl groups is 2. The second-order valence-electron chi connectivity index (χ2n) is 17.2. The minimum atomic E-state index is -0.813. The van der Waals surface area contributed by atoms with Gasteiger partial charge < -0.3 is 20.3 Å². The largest absolute Gasteiger partial charge is 0.461 e. The minimum absolute atomic E-state index is 0.00420. The topological polar surface area (TPSA) is 95.9 Å². The molecule has 3 atom stereocenters. The number of esters is 1. The van der Waals surface area contributed by atoms with Gasteiger partial charge in [-0.2, -0.15) is 0 Å². The van der Waals surface area contributed by atoms with Gasteiger partial charge in [-0.3, -0.25) is 9.59 Å². The molecule has 0 aromatic carbocycles. The SMILES string of the molecule is CC/C=C\C/C=C\C/C=C\C/C=C\C/C=C\CC(CC(=O)NC(CO)C(O)CCCCCCCCCCCC)OC(=O)CCCCCCCCC/C=C/CCCCCCCC. The molecule has 0 aromatic rings. The molecule has 6 heteroatoms. The summed E-state index contributed by atoms with van der Waals surface area (Å²) in [7, 11) is 0. The third-order valence-electron chi connectivity index (χ3n) is 11.3. The predicted octanol–water partition coefficient (Wildman–Crippen LogP) is 15.4. The maximum absolute atomic E-state index is 13.2. The van der Waals surface area contributed by atoms with Crippen LogP contribution in [0.4, 0.5) is 0 Å². The molecule has 3 unspecified atom stereocenters. The molecule has 0 bridgehead atoms. The van der Waals surface area contributed by atoms with Crippen LogP contribution in [-0.4, -0.2) is 46.9 Å². The summed E-state index contributed by atoms with van der Waals surface area (Å²) in [6.45, 7) is 6.32. The van der Waals surface area contributed by atoms with Crippen LogP contribution >= 0.6 is 0 Å². The van der Waals surface area contributed by atoms with Gasteiger partial charge in [0.05, 0.1) is 25.2 Å². The van der Waals surface area contributed by atoms with Crippen molar-refractivity contribution in [1.29, 1.82) is 0 Å². The number of hydrogen-bond acceptors (Lipinski definition) is 5. The van der Waals surface area contributed by atoms with Crippen LogP contribution in [0.2, 0.25) is 0 Å². The first-order valence-electron chi connectivity index (χ1n) is 25.7. The Balaban J connectivity index is 4.71. The zero-order valence-electron chi connectivity index (χ0n) is 40.0. The molecular formula is C55H97NO5. The summed E-state index contributed by atoms with van der Waals surface area (Å²) < 4.78 is 5.87.